The number of likely N-dealkylation sites (N-methyl/N-ethyl adjacent to an activating group) is 1. The van der Waals surface area contributed by atoms with E-state index in [1.165, 1.54) is 6.07 Å². The lowest BCUT2D eigenvalue weighted by Gasteiger charge is -2.23. The van der Waals surface area contributed by atoms with Gasteiger partial charge >= 0.3 is 0 Å². The lowest BCUT2D eigenvalue weighted by molar-refractivity contribution is 0.0936. The number of benzene rings is 1. The fourth-order valence-electron chi connectivity index (χ4n) is 3.73. The van der Waals surface area contributed by atoms with Crippen LogP contribution in [0.5, 0.6) is 5.75 Å². The SMILES string of the molecule is CCN1CCCC1CNC(=O)c1cc(S(C)(=O)=O)cc2c1OC(C)C2.Cl. The number of nitrogens with zero attached hydrogens (tertiary/aromatic N) is 1. The molecular formula is C18H27ClN2O4S. The summed E-state index contributed by atoms with van der Waals surface area (Å²) < 4.78 is 29.7. The third-order valence-electron chi connectivity index (χ3n) is 5.04. The Balaban J connectivity index is 0.00000243. The molecule has 6 nitrogen and oxygen atoms in total. The number of carbonyl (C=O) groups excluding carboxylic acids is 1. The monoisotopic (exact) mass is 402 g/mol. The van der Waals surface area contributed by atoms with Crippen LogP contribution in [0.4, 0.5) is 0 Å². The van der Waals surface area contributed by atoms with Gasteiger partial charge in [-0.25, -0.2) is 8.42 Å². The second-order valence-corrected chi connectivity index (χ2v) is 9.01. The summed E-state index contributed by atoms with van der Waals surface area (Å²) in [5.41, 5.74) is 1.11. The first kappa shape index (κ1) is 21.0. The Hall–Kier alpha value is -1.31. The molecule has 2 unspecified atom stereocenters. The normalized spacial score (nSPS) is 22.4. The number of carbonyl (C=O) groups is 1. The van der Waals surface area contributed by atoms with Crippen molar-refractivity contribution < 1.29 is 17.9 Å². The lowest BCUT2D eigenvalue weighted by Crippen LogP contribution is -2.40. The molecule has 146 valence electrons. The zero-order valence-corrected chi connectivity index (χ0v) is 17.1. The lowest BCUT2D eigenvalue weighted by atomic mass is 10.1. The highest BCUT2D eigenvalue weighted by Gasteiger charge is 2.29. The van der Waals surface area contributed by atoms with Crippen LogP contribution < -0.4 is 10.1 Å². The summed E-state index contributed by atoms with van der Waals surface area (Å²) in [6.45, 7) is 6.65. The van der Waals surface area contributed by atoms with E-state index in [2.05, 4.69) is 17.1 Å². The molecule has 0 spiro atoms. The molecule has 26 heavy (non-hydrogen) atoms. The minimum atomic E-state index is -3.39. The van der Waals surface area contributed by atoms with Gasteiger partial charge < -0.3 is 10.1 Å². The molecule has 1 N–H and O–H groups in total. The molecule has 0 saturated carbocycles. The summed E-state index contributed by atoms with van der Waals surface area (Å²) in [7, 11) is -3.39. The first-order valence-electron chi connectivity index (χ1n) is 8.85. The summed E-state index contributed by atoms with van der Waals surface area (Å²) in [4.78, 5) is 15.3. The highest BCUT2D eigenvalue weighted by Crippen LogP contribution is 2.35. The first-order valence-corrected chi connectivity index (χ1v) is 10.7. The predicted octanol–water partition coefficient (Wildman–Crippen LogP) is 2.05. The highest BCUT2D eigenvalue weighted by molar-refractivity contribution is 7.90. The maximum atomic E-state index is 12.7. The van der Waals surface area contributed by atoms with E-state index < -0.39 is 9.84 Å². The number of nitrogens with one attached hydrogen (secondary N) is 1. The number of halogens is 1. The van der Waals surface area contributed by atoms with Gasteiger partial charge in [0.05, 0.1) is 10.5 Å². The summed E-state index contributed by atoms with van der Waals surface area (Å²) in [6, 6.07) is 3.41. The molecule has 1 aromatic carbocycles. The van der Waals surface area contributed by atoms with Crippen LogP contribution in [0.3, 0.4) is 0 Å². The van der Waals surface area contributed by atoms with Crippen molar-refractivity contribution in [2.75, 3.05) is 25.9 Å². The van der Waals surface area contributed by atoms with Crippen molar-refractivity contribution in [2.24, 2.45) is 0 Å². The highest BCUT2D eigenvalue weighted by atomic mass is 35.5. The number of fused-ring (bicyclic) bond motifs is 1. The Kier molecular flexibility index (Phi) is 6.58. The Morgan fingerprint density at radius 2 is 2.12 bits per heavy atom. The molecule has 1 aromatic rings. The number of hydrogen-bond donors (Lipinski definition) is 1. The van der Waals surface area contributed by atoms with Gasteiger partial charge in [-0.15, -0.1) is 12.4 Å². The van der Waals surface area contributed by atoms with E-state index in [9.17, 15) is 13.2 Å². The van der Waals surface area contributed by atoms with Gasteiger partial charge in [-0.1, -0.05) is 6.92 Å². The Labute approximate surface area is 161 Å². The average Bonchev–Trinajstić information content (AvgIpc) is 3.15. The van der Waals surface area contributed by atoms with Crippen molar-refractivity contribution in [1.82, 2.24) is 10.2 Å². The molecule has 1 amide bonds. The molecule has 2 heterocycles. The molecule has 0 aromatic heterocycles. The van der Waals surface area contributed by atoms with Crippen LogP contribution in [0.25, 0.3) is 0 Å². The van der Waals surface area contributed by atoms with Crippen molar-refractivity contribution in [2.45, 2.75) is 50.2 Å². The van der Waals surface area contributed by atoms with Gasteiger partial charge in [-0.3, -0.25) is 9.69 Å². The van der Waals surface area contributed by atoms with Crippen LogP contribution >= 0.6 is 12.4 Å². The Bertz CT molecular complexity index is 782. The molecule has 0 bridgehead atoms. The minimum absolute atomic E-state index is 0. The van der Waals surface area contributed by atoms with Crippen LogP contribution in [0.1, 0.15) is 42.6 Å². The number of likely N-dealkylation sites (tertiary alicyclic amines) is 1. The molecule has 8 heteroatoms. The zero-order valence-electron chi connectivity index (χ0n) is 15.4. The Morgan fingerprint density at radius 1 is 1.38 bits per heavy atom. The van der Waals surface area contributed by atoms with Crippen molar-refractivity contribution in [3.8, 4) is 5.75 Å². The number of amides is 1. The molecule has 1 saturated heterocycles. The van der Waals surface area contributed by atoms with Gasteiger partial charge in [0.2, 0.25) is 0 Å². The zero-order chi connectivity index (χ0) is 18.2. The van der Waals surface area contributed by atoms with Crippen molar-refractivity contribution in [3.05, 3.63) is 23.3 Å². The molecular weight excluding hydrogens is 376 g/mol. The third kappa shape index (κ3) is 4.32. The molecule has 1 fully saturated rings. The fourth-order valence-corrected chi connectivity index (χ4v) is 4.42. The smallest absolute Gasteiger partial charge is 0.255 e. The molecule has 2 aliphatic heterocycles. The van der Waals surface area contributed by atoms with E-state index in [1.54, 1.807) is 6.07 Å². The second kappa shape index (κ2) is 8.15. The molecule has 0 aliphatic carbocycles. The molecule has 2 atom stereocenters. The summed E-state index contributed by atoms with van der Waals surface area (Å²) in [6.07, 6.45) is 3.94. The standard InChI is InChI=1S/C18H26N2O4S.ClH/c1-4-20-7-5-6-14(20)11-19-18(21)16-10-15(25(3,22)23)9-13-8-12(2)24-17(13)16;/h9-10,12,14H,4-8,11H2,1-3H3,(H,19,21);1H. The van der Waals surface area contributed by atoms with E-state index >= 15 is 0 Å². The van der Waals surface area contributed by atoms with Gasteiger partial charge in [0.15, 0.2) is 9.84 Å². The van der Waals surface area contributed by atoms with Crippen LogP contribution in [0.2, 0.25) is 0 Å². The van der Waals surface area contributed by atoms with E-state index in [1.807, 2.05) is 6.92 Å². The summed E-state index contributed by atoms with van der Waals surface area (Å²) >= 11 is 0. The fraction of sp³-hybridized carbons (Fsp3) is 0.611. The largest absolute Gasteiger partial charge is 0.489 e. The van der Waals surface area contributed by atoms with Gasteiger partial charge in [0, 0.05) is 25.3 Å². The number of ether oxygens (including phenoxy) is 1. The maximum absolute atomic E-state index is 12.7. The van der Waals surface area contributed by atoms with Crippen molar-refractivity contribution >= 4 is 28.2 Å². The number of sulfone groups is 1. The third-order valence-corrected chi connectivity index (χ3v) is 6.13. The minimum Gasteiger partial charge on any atom is -0.489 e. The van der Waals surface area contributed by atoms with Gasteiger partial charge in [0.1, 0.15) is 11.9 Å². The molecule has 2 aliphatic rings. The first-order chi connectivity index (χ1) is 11.8. The van der Waals surface area contributed by atoms with E-state index in [4.69, 9.17) is 4.74 Å². The van der Waals surface area contributed by atoms with E-state index in [0.29, 0.717) is 30.3 Å². The van der Waals surface area contributed by atoms with Crippen LogP contribution in [-0.2, 0) is 16.3 Å². The summed E-state index contributed by atoms with van der Waals surface area (Å²) in [5.74, 6) is 0.259. The second-order valence-electron chi connectivity index (χ2n) is 7.00. The van der Waals surface area contributed by atoms with Crippen molar-refractivity contribution in [1.29, 1.82) is 0 Å². The predicted molar refractivity (Wildman–Crippen MR) is 103 cm³/mol. The van der Waals surface area contributed by atoms with Gasteiger partial charge in [0.25, 0.3) is 5.91 Å². The topological polar surface area (TPSA) is 75.7 Å². The average molecular weight is 403 g/mol. The van der Waals surface area contributed by atoms with Crippen LogP contribution in [0.15, 0.2) is 17.0 Å². The number of hydrogen-bond acceptors (Lipinski definition) is 5. The summed E-state index contributed by atoms with van der Waals surface area (Å²) in [5, 5.41) is 2.97. The van der Waals surface area contributed by atoms with Gasteiger partial charge in [-0.2, -0.15) is 0 Å². The molecule has 3 rings (SSSR count). The van der Waals surface area contributed by atoms with Crippen LogP contribution in [0, 0.1) is 0 Å². The quantitative estimate of drug-likeness (QED) is 0.815. The van der Waals surface area contributed by atoms with Gasteiger partial charge in [-0.05, 0) is 50.6 Å². The van der Waals surface area contributed by atoms with Crippen molar-refractivity contribution in [3.63, 3.8) is 0 Å². The van der Waals surface area contributed by atoms with Crippen LogP contribution in [-0.4, -0.2) is 57.3 Å². The Morgan fingerprint density at radius 3 is 2.77 bits per heavy atom. The number of rotatable bonds is 5. The molecule has 0 radical (unpaired) electrons. The maximum Gasteiger partial charge on any atom is 0.255 e. The van der Waals surface area contributed by atoms with E-state index in [-0.39, 0.29) is 29.3 Å². The van der Waals surface area contributed by atoms with E-state index in [0.717, 1.165) is 37.8 Å².